The maximum absolute atomic E-state index is 12.7. The van der Waals surface area contributed by atoms with E-state index in [9.17, 15) is 8.42 Å². The number of rotatable bonds is 5. The highest BCUT2D eigenvalue weighted by molar-refractivity contribution is 7.89. The van der Waals surface area contributed by atoms with Crippen molar-refractivity contribution in [3.05, 3.63) is 29.8 Å². The van der Waals surface area contributed by atoms with Crippen molar-refractivity contribution in [2.75, 3.05) is 13.1 Å². The molecule has 1 fully saturated rings. The van der Waals surface area contributed by atoms with Gasteiger partial charge in [0.05, 0.1) is 4.90 Å². The van der Waals surface area contributed by atoms with E-state index in [1.165, 1.54) is 5.56 Å². The molecular formula is C17H28N2O2S. The van der Waals surface area contributed by atoms with E-state index in [-0.39, 0.29) is 6.04 Å². The Hall–Kier alpha value is -0.910. The lowest BCUT2D eigenvalue weighted by Crippen LogP contribution is -2.42. The Morgan fingerprint density at radius 2 is 1.68 bits per heavy atom. The van der Waals surface area contributed by atoms with Gasteiger partial charge in [0.1, 0.15) is 0 Å². The molecule has 0 aromatic heterocycles. The van der Waals surface area contributed by atoms with Gasteiger partial charge < -0.3 is 5.73 Å². The molecule has 0 radical (unpaired) electrons. The van der Waals surface area contributed by atoms with Crippen molar-refractivity contribution in [3.63, 3.8) is 0 Å². The molecular weight excluding hydrogens is 296 g/mol. The van der Waals surface area contributed by atoms with Gasteiger partial charge in [-0.2, -0.15) is 4.31 Å². The Morgan fingerprint density at radius 3 is 2.14 bits per heavy atom. The van der Waals surface area contributed by atoms with Gasteiger partial charge in [-0.25, -0.2) is 8.42 Å². The monoisotopic (exact) mass is 324 g/mol. The molecule has 1 atom stereocenters. The van der Waals surface area contributed by atoms with E-state index < -0.39 is 10.0 Å². The van der Waals surface area contributed by atoms with Crippen molar-refractivity contribution in [1.29, 1.82) is 0 Å². The van der Waals surface area contributed by atoms with Gasteiger partial charge in [-0.3, -0.25) is 0 Å². The second kappa shape index (κ2) is 7.11. The molecule has 1 aliphatic heterocycles. The maximum Gasteiger partial charge on any atom is 0.243 e. The van der Waals surface area contributed by atoms with Crippen LogP contribution in [0.3, 0.4) is 0 Å². The molecule has 0 spiro atoms. The molecule has 0 bridgehead atoms. The average Bonchev–Trinajstić information content (AvgIpc) is 2.47. The second-order valence-corrected chi connectivity index (χ2v) is 8.78. The number of hydrogen-bond donors (Lipinski definition) is 1. The molecule has 0 aliphatic carbocycles. The smallest absolute Gasteiger partial charge is 0.243 e. The predicted molar refractivity (Wildman–Crippen MR) is 90.1 cm³/mol. The summed E-state index contributed by atoms with van der Waals surface area (Å²) in [5.74, 6) is 1.000. The third-order valence-electron chi connectivity index (χ3n) is 4.45. The molecule has 0 saturated carbocycles. The van der Waals surface area contributed by atoms with Crippen molar-refractivity contribution >= 4 is 10.0 Å². The van der Waals surface area contributed by atoms with Crippen LogP contribution in [0.25, 0.3) is 0 Å². The molecule has 1 aromatic carbocycles. The van der Waals surface area contributed by atoms with E-state index in [4.69, 9.17) is 5.73 Å². The molecule has 1 heterocycles. The van der Waals surface area contributed by atoms with Gasteiger partial charge >= 0.3 is 0 Å². The van der Waals surface area contributed by atoms with Crippen LogP contribution in [-0.2, 0) is 16.4 Å². The lowest BCUT2D eigenvalue weighted by molar-refractivity contribution is 0.250. The molecule has 124 valence electrons. The highest BCUT2D eigenvalue weighted by Gasteiger charge is 2.30. The first kappa shape index (κ1) is 17.4. The lowest BCUT2D eigenvalue weighted by Gasteiger charge is -2.32. The molecule has 5 heteroatoms. The Balaban J connectivity index is 2.07. The van der Waals surface area contributed by atoms with Crippen LogP contribution in [-0.4, -0.2) is 31.9 Å². The minimum Gasteiger partial charge on any atom is -0.328 e. The van der Waals surface area contributed by atoms with Gasteiger partial charge in [0.15, 0.2) is 0 Å². The first-order valence-corrected chi connectivity index (χ1v) is 9.59. The van der Waals surface area contributed by atoms with Gasteiger partial charge in [0.25, 0.3) is 0 Å². The number of hydrogen-bond acceptors (Lipinski definition) is 3. The van der Waals surface area contributed by atoms with Gasteiger partial charge in [0, 0.05) is 19.1 Å². The van der Waals surface area contributed by atoms with Crippen LogP contribution in [0.2, 0.25) is 0 Å². The van der Waals surface area contributed by atoms with E-state index in [1.54, 1.807) is 16.4 Å². The van der Waals surface area contributed by atoms with E-state index >= 15 is 0 Å². The highest BCUT2D eigenvalue weighted by atomic mass is 32.2. The van der Waals surface area contributed by atoms with Crippen LogP contribution in [0.4, 0.5) is 0 Å². The Bertz CT molecular complexity index is 571. The van der Waals surface area contributed by atoms with Crippen LogP contribution in [0, 0.1) is 11.8 Å². The van der Waals surface area contributed by atoms with Crippen molar-refractivity contribution in [2.45, 2.75) is 51.0 Å². The van der Waals surface area contributed by atoms with E-state index in [0.29, 0.717) is 29.8 Å². The van der Waals surface area contributed by atoms with Gasteiger partial charge in [-0.05, 0) is 55.7 Å². The lowest BCUT2D eigenvalue weighted by atomic mass is 9.92. The summed E-state index contributed by atoms with van der Waals surface area (Å²) in [7, 11) is -3.36. The summed E-state index contributed by atoms with van der Waals surface area (Å²) in [4.78, 5) is 0.402. The summed E-state index contributed by atoms with van der Waals surface area (Å²) in [6.45, 7) is 7.47. The zero-order valence-electron chi connectivity index (χ0n) is 13.8. The summed E-state index contributed by atoms with van der Waals surface area (Å²) < 4.78 is 27.0. The molecule has 1 unspecified atom stereocenters. The van der Waals surface area contributed by atoms with Crippen LogP contribution in [0.15, 0.2) is 29.2 Å². The fourth-order valence-electron chi connectivity index (χ4n) is 3.06. The highest BCUT2D eigenvalue weighted by Crippen LogP contribution is 2.25. The summed E-state index contributed by atoms with van der Waals surface area (Å²) >= 11 is 0. The number of piperidine rings is 1. The molecule has 1 saturated heterocycles. The number of nitrogens with zero attached hydrogens (tertiary/aromatic N) is 1. The van der Waals surface area contributed by atoms with Crippen LogP contribution in [0.5, 0.6) is 0 Å². The summed E-state index contributed by atoms with van der Waals surface area (Å²) in [6, 6.07) is 7.48. The molecule has 1 aromatic rings. The SMILES string of the molecule is CC(C)Cc1ccc(S(=O)(=O)N2CCC(C(C)N)CC2)cc1. The first-order valence-electron chi connectivity index (χ1n) is 8.15. The molecule has 1 aliphatic rings. The first-order chi connectivity index (χ1) is 10.3. The number of sulfonamides is 1. The fraction of sp³-hybridized carbons (Fsp3) is 0.647. The zero-order chi connectivity index (χ0) is 16.3. The maximum atomic E-state index is 12.7. The average molecular weight is 324 g/mol. The third kappa shape index (κ3) is 4.09. The number of benzene rings is 1. The van der Waals surface area contributed by atoms with Gasteiger partial charge in [0.2, 0.25) is 10.0 Å². The topological polar surface area (TPSA) is 63.4 Å². The summed E-state index contributed by atoms with van der Waals surface area (Å²) in [6.07, 6.45) is 2.67. The third-order valence-corrected chi connectivity index (χ3v) is 6.36. The van der Waals surface area contributed by atoms with Gasteiger partial charge in [-0.15, -0.1) is 0 Å². The molecule has 2 N–H and O–H groups in total. The molecule has 0 amide bonds. The largest absolute Gasteiger partial charge is 0.328 e. The van der Waals surface area contributed by atoms with Crippen molar-refractivity contribution in [3.8, 4) is 0 Å². The molecule has 22 heavy (non-hydrogen) atoms. The van der Waals surface area contributed by atoms with Crippen molar-refractivity contribution in [1.82, 2.24) is 4.31 Å². The standard InChI is InChI=1S/C17H28N2O2S/c1-13(2)12-15-4-6-17(7-5-15)22(20,21)19-10-8-16(9-11-19)14(3)18/h4-7,13-14,16H,8-12,18H2,1-3H3. The van der Waals surface area contributed by atoms with E-state index in [0.717, 1.165) is 19.3 Å². The molecule has 2 rings (SSSR count). The van der Waals surface area contributed by atoms with Crippen LogP contribution < -0.4 is 5.73 Å². The Labute approximate surface area is 134 Å². The van der Waals surface area contributed by atoms with Gasteiger partial charge in [-0.1, -0.05) is 26.0 Å². The normalized spacial score (nSPS) is 19.5. The predicted octanol–water partition coefficient (Wildman–Crippen LogP) is 2.63. The Morgan fingerprint density at radius 1 is 1.14 bits per heavy atom. The minimum absolute atomic E-state index is 0.139. The Kier molecular flexibility index (Phi) is 5.64. The minimum atomic E-state index is -3.36. The van der Waals surface area contributed by atoms with Crippen LogP contribution >= 0.6 is 0 Å². The second-order valence-electron chi connectivity index (χ2n) is 6.84. The van der Waals surface area contributed by atoms with Crippen LogP contribution in [0.1, 0.15) is 39.2 Å². The van der Waals surface area contributed by atoms with Crippen molar-refractivity contribution < 1.29 is 8.42 Å². The summed E-state index contributed by atoms with van der Waals surface area (Å²) in [5, 5.41) is 0. The van der Waals surface area contributed by atoms with E-state index in [1.807, 2.05) is 19.1 Å². The zero-order valence-corrected chi connectivity index (χ0v) is 14.6. The fourth-order valence-corrected chi connectivity index (χ4v) is 4.53. The number of nitrogens with two attached hydrogens (primary N) is 1. The van der Waals surface area contributed by atoms with E-state index in [2.05, 4.69) is 13.8 Å². The van der Waals surface area contributed by atoms with Crippen molar-refractivity contribution in [2.24, 2.45) is 17.6 Å². The molecule has 4 nitrogen and oxygen atoms in total. The summed E-state index contributed by atoms with van der Waals surface area (Å²) in [5.41, 5.74) is 7.11. The quantitative estimate of drug-likeness (QED) is 0.905.